The Kier molecular flexibility index (Phi) is 6.36. The molecule has 0 spiro atoms. The number of benzene rings is 2. The highest BCUT2D eigenvalue weighted by atomic mass is 32.2. The first kappa shape index (κ1) is 21.4. The van der Waals surface area contributed by atoms with Crippen LogP contribution < -0.4 is 5.32 Å². The van der Waals surface area contributed by atoms with Crippen molar-refractivity contribution in [3.63, 3.8) is 0 Å². The van der Waals surface area contributed by atoms with Crippen LogP contribution in [0.4, 0.5) is 0 Å². The van der Waals surface area contributed by atoms with Gasteiger partial charge in [0, 0.05) is 17.5 Å². The summed E-state index contributed by atoms with van der Waals surface area (Å²) in [6, 6.07) is 12.6. The Morgan fingerprint density at radius 1 is 1.10 bits per heavy atom. The summed E-state index contributed by atoms with van der Waals surface area (Å²) in [5.41, 5.74) is 0.311. The fourth-order valence-corrected chi connectivity index (χ4v) is 5.45. The third-order valence-electron chi connectivity index (χ3n) is 4.40. The van der Waals surface area contributed by atoms with Crippen LogP contribution in [0.25, 0.3) is 10.8 Å². The molecule has 0 saturated carbocycles. The molecule has 2 aromatic carbocycles. The summed E-state index contributed by atoms with van der Waals surface area (Å²) in [5, 5.41) is 6.90. The summed E-state index contributed by atoms with van der Waals surface area (Å²) in [7, 11) is -3.72. The molecule has 3 rings (SSSR count). The zero-order chi connectivity index (χ0) is 21.2. The molecule has 0 fully saturated rings. The lowest BCUT2D eigenvalue weighted by Crippen LogP contribution is -2.36. The smallest absolute Gasteiger partial charge is 0.270 e. The van der Waals surface area contributed by atoms with Gasteiger partial charge >= 0.3 is 0 Å². The van der Waals surface area contributed by atoms with Crippen molar-refractivity contribution in [2.45, 2.75) is 51.2 Å². The molecule has 0 aliphatic rings. The van der Waals surface area contributed by atoms with Crippen molar-refractivity contribution in [2.24, 2.45) is 0 Å². The lowest BCUT2D eigenvalue weighted by molar-refractivity contribution is 0.0938. The number of rotatable bonds is 7. The van der Waals surface area contributed by atoms with Crippen LogP contribution in [0.15, 0.2) is 52.7 Å². The van der Waals surface area contributed by atoms with Crippen molar-refractivity contribution >= 4 is 38.0 Å². The van der Waals surface area contributed by atoms with Gasteiger partial charge in [0.1, 0.15) is 10.7 Å². The molecule has 3 aromatic rings. The number of thiazole rings is 1. The zero-order valence-corrected chi connectivity index (χ0v) is 18.5. The lowest BCUT2D eigenvalue weighted by Gasteiger charge is -2.25. The first-order chi connectivity index (χ1) is 13.7. The molecule has 1 aromatic heterocycles. The van der Waals surface area contributed by atoms with E-state index in [0.29, 0.717) is 10.7 Å². The van der Waals surface area contributed by atoms with E-state index in [4.69, 9.17) is 0 Å². The van der Waals surface area contributed by atoms with Crippen molar-refractivity contribution in [3.8, 4) is 0 Å². The topological polar surface area (TPSA) is 79.4 Å². The first-order valence-electron chi connectivity index (χ1n) is 9.44. The molecule has 1 amide bonds. The van der Waals surface area contributed by atoms with Gasteiger partial charge in [0.25, 0.3) is 5.91 Å². The number of aromatic nitrogens is 1. The van der Waals surface area contributed by atoms with Crippen LogP contribution >= 0.6 is 11.3 Å². The van der Waals surface area contributed by atoms with Crippen LogP contribution in [-0.4, -0.2) is 35.7 Å². The number of hydrogen-bond donors (Lipinski definition) is 1. The number of fused-ring (bicyclic) bond motifs is 1. The van der Waals surface area contributed by atoms with E-state index in [0.717, 1.165) is 10.8 Å². The summed E-state index contributed by atoms with van der Waals surface area (Å²) in [6.45, 7) is 7.53. The fraction of sp³-hybridized carbons (Fsp3) is 0.333. The zero-order valence-electron chi connectivity index (χ0n) is 16.9. The highest BCUT2D eigenvalue weighted by Crippen LogP contribution is 2.25. The molecule has 0 aliphatic carbocycles. The molecule has 29 heavy (non-hydrogen) atoms. The van der Waals surface area contributed by atoms with Gasteiger partial charge < -0.3 is 5.32 Å². The minimum atomic E-state index is -3.72. The number of hydrogen-bond acceptors (Lipinski definition) is 5. The van der Waals surface area contributed by atoms with E-state index in [1.807, 2.05) is 58.0 Å². The van der Waals surface area contributed by atoms with Crippen molar-refractivity contribution in [1.82, 2.24) is 14.6 Å². The van der Waals surface area contributed by atoms with Gasteiger partial charge in [0.05, 0.1) is 11.4 Å². The van der Waals surface area contributed by atoms with Crippen molar-refractivity contribution < 1.29 is 13.2 Å². The van der Waals surface area contributed by atoms with Crippen molar-refractivity contribution in [2.75, 3.05) is 0 Å². The van der Waals surface area contributed by atoms with Gasteiger partial charge in [0.2, 0.25) is 10.0 Å². The molecule has 154 valence electrons. The van der Waals surface area contributed by atoms with Crippen LogP contribution in [0, 0.1) is 0 Å². The molecule has 1 heterocycles. The van der Waals surface area contributed by atoms with E-state index in [9.17, 15) is 13.2 Å². The van der Waals surface area contributed by atoms with E-state index >= 15 is 0 Å². The third-order valence-corrected chi connectivity index (χ3v) is 7.25. The van der Waals surface area contributed by atoms with Gasteiger partial charge in [-0.3, -0.25) is 4.79 Å². The molecular formula is C21H25N3O3S2. The number of carbonyl (C=O) groups is 1. The lowest BCUT2D eigenvalue weighted by atomic mass is 10.1. The van der Waals surface area contributed by atoms with Crippen LogP contribution in [-0.2, 0) is 16.6 Å². The van der Waals surface area contributed by atoms with E-state index in [-0.39, 0.29) is 29.4 Å². The Bertz CT molecular complexity index is 1120. The average Bonchev–Trinajstić information content (AvgIpc) is 3.14. The van der Waals surface area contributed by atoms with Gasteiger partial charge in [0.15, 0.2) is 0 Å². The summed E-state index contributed by atoms with van der Waals surface area (Å²) in [6.07, 6.45) is 0. The average molecular weight is 432 g/mol. The monoisotopic (exact) mass is 431 g/mol. The summed E-state index contributed by atoms with van der Waals surface area (Å²) in [4.78, 5) is 16.7. The molecule has 0 bridgehead atoms. The van der Waals surface area contributed by atoms with Crippen molar-refractivity contribution in [1.29, 1.82) is 0 Å². The van der Waals surface area contributed by atoms with E-state index in [1.54, 1.807) is 17.5 Å². The van der Waals surface area contributed by atoms with Crippen molar-refractivity contribution in [3.05, 3.63) is 58.5 Å². The van der Waals surface area contributed by atoms with E-state index < -0.39 is 10.0 Å². The Morgan fingerprint density at radius 2 is 1.79 bits per heavy atom. The Hall–Kier alpha value is -2.29. The second-order valence-electron chi connectivity index (χ2n) is 7.41. The number of nitrogens with one attached hydrogen (secondary N) is 1. The molecule has 8 heteroatoms. The standard InChI is InChI=1S/C21H25N3O3S2/c1-14(2)22-21(25)19-13-28-20(23-19)12-24(15(3)4)29(26,27)18-10-9-16-7-5-6-8-17(16)11-18/h5-11,13-15H,12H2,1-4H3,(H,22,25). The second-order valence-corrected chi connectivity index (χ2v) is 10.2. The predicted molar refractivity (Wildman–Crippen MR) is 117 cm³/mol. The van der Waals surface area contributed by atoms with Gasteiger partial charge in [-0.1, -0.05) is 30.3 Å². The molecule has 6 nitrogen and oxygen atoms in total. The van der Waals surface area contributed by atoms with E-state index in [2.05, 4.69) is 10.3 Å². The number of sulfonamides is 1. The van der Waals surface area contributed by atoms with Gasteiger partial charge in [-0.2, -0.15) is 4.31 Å². The molecule has 0 radical (unpaired) electrons. The Balaban J connectivity index is 1.88. The SMILES string of the molecule is CC(C)NC(=O)c1csc(CN(C(C)C)S(=O)(=O)c2ccc3ccccc3c2)n1. The Labute approximate surface area is 175 Å². The normalized spacial score (nSPS) is 12.2. The number of amides is 1. The molecule has 0 aliphatic heterocycles. The summed E-state index contributed by atoms with van der Waals surface area (Å²) in [5.74, 6) is -0.254. The quantitative estimate of drug-likeness (QED) is 0.612. The minimum Gasteiger partial charge on any atom is -0.349 e. The third kappa shape index (κ3) is 4.83. The molecule has 0 saturated heterocycles. The summed E-state index contributed by atoms with van der Waals surface area (Å²) < 4.78 is 28.1. The Morgan fingerprint density at radius 3 is 2.45 bits per heavy atom. The highest BCUT2D eigenvalue weighted by molar-refractivity contribution is 7.89. The number of nitrogens with zero attached hydrogens (tertiary/aromatic N) is 2. The highest BCUT2D eigenvalue weighted by Gasteiger charge is 2.28. The second kappa shape index (κ2) is 8.61. The number of carbonyl (C=O) groups excluding carboxylic acids is 1. The fourth-order valence-electron chi connectivity index (χ4n) is 2.97. The van der Waals surface area contributed by atoms with Crippen LogP contribution in [0.3, 0.4) is 0 Å². The van der Waals surface area contributed by atoms with Gasteiger partial charge in [-0.15, -0.1) is 11.3 Å². The van der Waals surface area contributed by atoms with Crippen LogP contribution in [0.1, 0.15) is 43.2 Å². The minimum absolute atomic E-state index is 0.00749. The maximum Gasteiger partial charge on any atom is 0.270 e. The van der Waals surface area contributed by atoms with Crippen LogP contribution in [0.2, 0.25) is 0 Å². The molecule has 0 unspecified atom stereocenters. The first-order valence-corrected chi connectivity index (χ1v) is 11.8. The maximum absolute atomic E-state index is 13.3. The predicted octanol–water partition coefficient (Wildman–Crippen LogP) is 4.03. The van der Waals surface area contributed by atoms with Gasteiger partial charge in [-0.05, 0) is 50.6 Å². The molecular weight excluding hydrogens is 406 g/mol. The maximum atomic E-state index is 13.3. The molecule has 1 N–H and O–H groups in total. The summed E-state index contributed by atoms with van der Waals surface area (Å²) >= 11 is 1.29. The van der Waals surface area contributed by atoms with E-state index in [1.165, 1.54) is 15.6 Å². The van der Waals surface area contributed by atoms with Crippen LogP contribution in [0.5, 0.6) is 0 Å². The largest absolute Gasteiger partial charge is 0.349 e. The molecule has 0 atom stereocenters. The van der Waals surface area contributed by atoms with Gasteiger partial charge in [-0.25, -0.2) is 13.4 Å².